The third-order valence-electron chi connectivity index (χ3n) is 5.48. The molecule has 2 atom stereocenters. The van der Waals surface area contributed by atoms with E-state index in [4.69, 9.17) is 14.2 Å². The average molecular weight is 362 g/mol. The molecular weight excluding hydrogens is 336 g/mol. The van der Waals surface area contributed by atoms with E-state index in [2.05, 4.69) is 4.90 Å². The number of nitrogens with zero attached hydrogens (tertiary/aromatic N) is 2. The maximum Gasteiger partial charge on any atom is 0.254 e. The summed E-state index contributed by atoms with van der Waals surface area (Å²) in [4.78, 5) is 17.2. The number of aliphatic hydroxyl groups is 1. The average Bonchev–Trinajstić information content (AvgIpc) is 3.10. The minimum absolute atomic E-state index is 0.00935. The summed E-state index contributed by atoms with van der Waals surface area (Å²) in [6, 6.07) is 5.35. The molecule has 26 heavy (non-hydrogen) atoms. The van der Waals surface area contributed by atoms with Gasteiger partial charge in [0.1, 0.15) is 13.2 Å². The van der Waals surface area contributed by atoms with Crippen molar-refractivity contribution in [1.82, 2.24) is 9.80 Å². The molecule has 2 saturated heterocycles. The number of amides is 1. The highest BCUT2D eigenvalue weighted by Crippen LogP contribution is 2.32. The predicted octanol–water partition coefficient (Wildman–Crippen LogP) is 0.471. The van der Waals surface area contributed by atoms with E-state index in [-0.39, 0.29) is 18.4 Å². The lowest BCUT2D eigenvalue weighted by molar-refractivity contribution is 0.0264. The minimum Gasteiger partial charge on any atom is -0.486 e. The van der Waals surface area contributed by atoms with Crippen LogP contribution in [0.4, 0.5) is 0 Å². The first-order valence-electron chi connectivity index (χ1n) is 9.34. The van der Waals surface area contributed by atoms with Crippen LogP contribution in [-0.2, 0) is 4.74 Å². The number of carbonyl (C=O) groups is 1. The van der Waals surface area contributed by atoms with Crippen LogP contribution < -0.4 is 9.47 Å². The normalized spacial score (nSPS) is 26.1. The Morgan fingerprint density at radius 1 is 1.04 bits per heavy atom. The van der Waals surface area contributed by atoms with E-state index in [1.165, 1.54) is 0 Å². The van der Waals surface area contributed by atoms with E-state index in [9.17, 15) is 9.90 Å². The van der Waals surface area contributed by atoms with E-state index >= 15 is 0 Å². The third-order valence-corrected chi connectivity index (χ3v) is 5.48. The Labute approximate surface area is 153 Å². The number of carbonyl (C=O) groups excluding carboxylic acids is 1. The van der Waals surface area contributed by atoms with Crippen LogP contribution >= 0.6 is 0 Å². The molecule has 0 bridgehead atoms. The molecule has 3 heterocycles. The second kappa shape index (κ2) is 7.82. The van der Waals surface area contributed by atoms with E-state index in [1.54, 1.807) is 18.2 Å². The van der Waals surface area contributed by atoms with Gasteiger partial charge in [-0.15, -0.1) is 0 Å². The highest BCUT2D eigenvalue weighted by Gasteiger charge is 2.36. The zero-order valence-electron chi connectivity index (χ0n) is 14.9. The molecule has 0 radical (unpaired) electrons. The van der Waals surface area contributed by atoms with Crippen LogP contribution in [0.1, 0.15) is 10.4 Å². The van der Waals surface area contributed by atoms with Gasteiger partial charge < -0.3 is 24.2 Å². The molecule has 7 nitrogen and oxygen atoms in total. The molecule has 1 N–H and O–H groups in total. The molecule has 0 spiro atoms. The molecule has 0 aliphatic carbocycles. The Morgan fingerprint density at radius 2 is 1.77 bits per heavy atom. The summed E-state index contributed by atoms with van der Waals surface area (Å²) in [5, 5.41) is 9.78. The van der Waals surface area contributed by atoms with Gasteiger partial charge in [0.05, 0.1) is 13.2 Å². The largest absolute Gasteiger partial charge is 0.486 e. The second-order valence-corrected chi connectivity index (χ2v) is 7.18. The molecule has 3 aliphatic heterocycles. The summed E-state index contributed by atoms with van der Waals surface area (Å²) in [5.41, 5.74) is 0.609. The molecule has 1 aromatic carbocycles. The third kappa shape index (κ3) is 3.65. The summed E-state index contributed by atoms with van der Waals surface area (Å²) in [6.07, 6.45) is 0. The van der Waals surface area contributed by atoms with E-state index in [1.807, 2.05) is 4.90 Å². The van der Waals surface area contributed by atoms with Gasteiger partial charge in [0.15, 0.2) is 11.5 Å². The Kier molecular flexibility index (Phi) is 5.28. The van der Waals surface area contributed by atoms with Crippen LogP contribution in [0.15, 0.2) is 18.2 Å². The van der Waals surface area contributed by atoms with Crippen molar-refractivity contribution in [2.45, 2.75) is 0 Å². The first kappa shape index (κ1) is 17.6. The van der Waals surface area contributed by atoms with Gasteiger partial charge in [-0.3, -0.25) is 9.69 Å². The zero-order valence-corrected chi connectivity index (χ0v) is 14.9. The van der Waals surface area contributed by atoms with Crippen LogP contribution in [-0.4, -0.2) is 86.6 Å². The lowest BCUT2D eigenvalue weighted by Gasteiger charge is -2.30. The van der Waals surface area contributed by atoms with Gasteiger partial charge in [-0.25, -0.2) is 0 Å². The fraction of sp³-hybridized carbons (Fsp3) is 0.632. The smallest absolute Gasteiger partial charge is 0.254 e. The Balaban J connectivity index is 1.43. The maximum absolute atomic E-state index is 12.9. The van der Waals surface area contributed by atoms with E-state index in [0.717, 1.165) is 32.8 Å². The van der Waals surface area contributed by atoms with Gasteiger partial charge in [0.2, 0.25) is 0 Å². The monoisotopic (exact) mass is 362 g/mol. The number of benzene rings is 1. The first-order valence-corrected chi connectivity index (χ1v) is 9.34. The Hall–Kier alpha value is -1.83. The summed E-state index contributed by atoms with van der Waals surface area (Å²) >= 11 is 0. The number of rotatable bonds is 4. The molecular formula is C19H26N2O5. The molecule has 1 amide bonds. The number of aliphatic hydroxyl groups excluding tert-OH is 1. The highest BCUT2D eigenvalue weighted by molar-refractivity contribution is 5.95. The van der Waals surface area contributed by atoms with Gasteiger partial charge in [-0.05, 0) is 24.1 Å². The topological polar surface area (TPSA) is 71.5 Å². The summed E-state index contributed by atoms with van der Waals surface area (Å²) in [5.74, 6) is 1.72. The predicted molar refractivity (Wildman–Crippen MR) is 94.7 cm³/mol. The molecule has 3 aliphatic rings. The molecule has 0 saturated carbocycles. The Bertz CT molecular complexity index is 647. The number of ether oxygens (including phenoxy) is 3. The van der Waals surface area contributed by atoms with Gasteiger partial charge in [-0.1, -0.05) is 0 Å². The first-order chi connectivity index (χ1) is 12.7. The molecule has 2 fully saturated rings. The van der Waals surface area contributed by atoms with Crippen molar-refractivity contribution < 1.29 is 24.1 Å². The van der Waals surface area contributed by atoms with Crippen molar-refractivity contribution in [3.63, 3.8) is 0 Å². The molecule has 7 heteroatoms. The lowest BCUT2D eigenvalue weighted by Crippen LogP contribution is -2.41. The van der Waals surface area contributed by atoms with Gasteiger partial charge in [0, 0.05) is 50.8 Å². The molecule has 4 rings (SSSR count). The lowest BCUT2D eigenvalue weighted by atomic mass is 9.96. The SMILES string of the molecule is O=C(c1ccc2c(c1)OCCO2)N1CC(CO)C(CN2CCOCC2)C1. The highest BCUT2D eigenvalue weighted by atomic mass is 16.6. The summed E-state index contributed by atoms with van der Waals surface area (Å²) in [6.45, 7) is 6.69. The Morgan fingerprint density at radius 3 is 2.54 bits per heavy atom. The van der Waals surface area contributed by atoms with Crippen molar-refractivity contribution in [3.8, 4) is 11.5 Å². The van der Waals surface area contributed by atoms with Crippen LogP contribution in [0.25, 0.3) is 0 Å². The van der Waals surface area contributed by atoms with Crippen molar-refractivity contribution in [1.29, 1.82) is 0 Å². The van der Waals surface area contributed by atoms with Crippen molar-refractivity contribution >= 4 is 5.91 Å². The quantitative estimate of drug-likeness (QED) is 0.840. The number of likely N-dealkylation sites (tertiary alicyclic amines) is 1. The van der Waals surface area contributed by atoms with Crippen molar-refractivity contribution in [3.05, 3.63) is 23.8 Å². The standard InChI is InChI=1S/C19H26N2O5/c22-13-16-12-21(11-15(16)10-20-3-5-24-6-4-20)19(23)14-1-2-17-18(9-14)26-8-7-25-17/h1-2,9,15-16,22H,3-8,10-13H2. The van der Waals surface area contributed by atoms with Gasteiger partial charge in [0.25, 0.3) is 5.91 Å². The molecule has 2 unspecified atom stereocenters. The summed E-state index contributed by atoms with van der Waals surface area (Å²) in [7, 11) is 0. The van der Waals surface area contributed by atoms with Gasteiger partial charge in [-0.2, -0.15) is 0 Å². The van der Waals surface area contributed by atoms with Crippen LogP contribution in [0.5, 0.6) is 11.5 Å². The number of morpholine rings is 1. The maximum atomic E-state index is 12.9. The molecule has 0 aromatic heterocycles. The van der Waals surface area contributed by atoms with E-state index in [0.29, 0.717) is 49.3 Å². The van der Waals surface area contributed by atoms with Crippen molar-refractivity contribution in [2.24, 2.45) is 11.8 Å². The second-order valence-electron chi connectivity index (χ2n) is 7.18. The molecule has 142 valence electrons. The fourth-order valence-corrected chi connectivity index (χ4v) is 3.99. The minimum atomic E-state index is -0.00935. The zero-order chi connectivity index (χ0) is 17.9. The number of fused-ring (bicyclic) bond motifs is 1. The number of hydrogen-bond donors (Lipinski definition) is 1. The van der Waals surface area contributed by atoms with E-state index < -0.39 is 0 Å². The van der Waals surface area contributed by atoms with Crippen LogP contribution in [0.3, 0.4) is 0 Å². The number of hydrogen-bond acceptors (Lipinski definition) is 6. The summed E-state index contributed by atoms with van der Waals surface area (Å²) < 4.78 is 16.5. The van der Waals surface area contributed by atoms with Crippen LogP contribution in [0.2, 0.25) is 0 Å². The van der Waals surface area contributed by atoms with Crippen LogP contribution in [0, 0.1) is 11.8 Å². The fourth-order valence-electron chi connectivity index (χ4n) is 3.99. The van der Waals surface area contributed by atoms with Gasteiger partial charge >= 0.3 is 0 Å². The van der Waals surface area contributed by atoms with Crippen molar-refractivity contribution in [2.75, 3.05) is 65.8 Å². The molecule has 1 aromatic rings.